The summed E-state index contributed by atoms with van der Waals surface area (Å²) in [5.74, 6) is 3.99. The number of aryl methyl sites for hydroxylation is 2. The first-order chi connectivity index (χ1) is 14.7. The Hall–Kier alpha value is -2.57. The lowest BCUT2D eigenvalue weighted by Crippen LogP contribution is -2.40. The van der Waals surface area contributed by atoms with Crippen LogP contribution in [0.4, 0.5) is 0 Å². The van der Waals surface area contributed by atoms with Crippen LogP contribution in [0.1, 0.15) is 61.7 Å². The van der Waals surface area contributed by atoms with E-state index < -0.39 is 0 Å². The Morgan fingerprint density at radius 1 is 1.13 bits per heavy atom. The Balaban J connectivity index is 1.34. The molecule has 1 aromatic carbocycles. The molecule has 2 aliphatic rings. The van der Waals surface area contributed by atoms with Crippen molar-refractivity contribution in [2.75, 3.05) is 26.8 Å². The standard InChI is InChI=1S/C23H32N4O3/c1-17-9-10-19(20(15-17)29-2)30-14-11-22(28)26-12-6-7-18(16-26)23-25-24-21-8-4-3-5-13-27(21)23/h9-10,15,18H,3-8,11-14,16H2,1-2H3. The van der Waals surface area contributed by atoms with Crippen molar-refractivity contribution in [3.8, 4) is 11.5 Å². The molecule has 0 spiro atoms. The fraction of sp³-hybridized carbons (Fsp3) is 0.609. The van der Waals surface area contributed by atoms with E-state index in [-0.39, 0.29) is 11.8 Å². The molecule has 2 aliphatic heterocycles. The van der Waals surface area contributed by atoms with E-state index in [1.807, 2.05) is 30.0 Å². The molecule has 1 unspecified atom stereocenters. The Morgan fingerprint density at radius 2 is 2.03 bits per heavy atom. The largest absolute Gasteiger partial charge is 0.493 e. The van der Waals surface area contributed by atoms with Crippen LogP contribution in [0.25, 0.3) is 0 Å². The lowest BCUT2D eigenvalue weighted by atomic mass is 9.96. The molecule has 7 heteroatoms. The highest BCUT2D eigenvalue weighted by atomic mass is 16.5. The summed E-state index contributed by atoms with van der Waals surface area (Å²) in [7, 11) is 1.63. The van der Waals surface area contributed by atoms with Crippen LogP contribution in [-0.2, 0) is 17.8 Å². The Morgan fingerprint density at radius 3 is 2.90 bits per heavy atom. The van der Waals surface area contributed by atoms with Crippen molar-refractivity contribution < 1.29 is 14.3 Å². The van der Waals surface area contributed by atoms with Crippen LogP contribution >= 0.6 is 0 Å². The van der Waals surface area contributed by atoms with Gasteiger partial charge in [-0.15, -0.1) is 10.2 Å². The van der Waals surface area contributed by atoms with E-state index in [4.69, 9.17) is 9.47 Å². The van der Waals surface area contributed by atoms with Crippen molar-refractivity contribution in [1.82, 2.24) is 19.7 Å². The van der Waals surface area contributed by atoms with Gasteiger partial charge in [-0.25, -0.2) is 0 Å². The summed E-state index contributed by atoms with van der Waals surface area (Å²) < 4.78 is 13.5. The molecule has 0 radical (unpaired) electrons. The molecule has 1 atom stereocenters. The van der Waals surface area contributed by atoms with Crippen LogP contribution in [0.5, 0.6) is 11.5 Å². The number of rotatable bonds is 6. The SMILES string of the molecule is COc1cc(C)ccc1OCCC(=O)N1CCCC(c2nnc3n2CCCCC3)C1. The molecule has 0 aliphatic carbocycles. The summed E-state index contributed by atoms with van der Waals surface area (Å²) in [6, 6.07) is 5.82. The Labute approximate surface area is 178 Å². The molecule has 0 saturated carbocycles. The van der Waals surface area contributed by atoms with Gasteiger partial charge in [0, 0.05) is 32.0 Å². The van der Waals surface area contributed by atoms with Gasteiger partial charge in [-0.2, -0.15) is 0 Å². The van der Waals surface area contributed by atoms with Gasteiger partial charge in [0.2, 0.25) is 5.91 Å². The molecular weight excluding hydrogens is 380 g/mol. The highest BCUT2D eigenvalue weighted by molar-refractivity contribution is 5.76. The highest BCUT2D eigenvalue weighted by Crippen LogP contribution is 2.29. The molecule has 30 heavy (non-hydrogen) atoms. The number of amides is 1. The molecule has 1 saturated heterocycles. The van der Waals surface area contributed by atoms with Gasteiger partial charge in [0.1, 0.15) is 11.6 Å². The first-order valence-electron chi connectivity index (χ1n) is 11.1. The summed E-state index contributed by atoms with van der Waals surface area (Å²) in [6.45, 7) is 4.90. The van der Waals surface area contributed by atoms with Crippen molar-refractivity contribution in [3.05, 3.63) is 35.4 Å². The summed E-state index contributed by atoms with van der Waals surface area (Å²) in [5.41, 5.74) is 1.11. The Kier molecular flexibility index (Phi) is 6.55. The molecule has 3 heterocycles. The zero-order valence-corrected chi connectivity index (χ0v) is 18.1. The van der Waals surface area contributed by atoms with Gasteiger partial charge in [-0.1, -0.05) is 12.5 Å². The van der Waals surface area contributed by atoms with Crippen LogP contribution in [0.2, 0.25) is 0 Å². The first kappa shape index (κ1) is 20.7. The van der Waals surface area contributed by atoms with Gasteiger partial charge < -0.3 is 18.9 Å². The van der Waals surface area contributed by atoms with Crippen LogP contribution in [0.3, 0.4) is 0 Å². The van der Waals surface area contributed by atoms with Crippen molar-refractivity contribution in [1.29, 1.82) is 0 Å². The van der Waals surface area contributed by atoms with E-state index in [0.29, 0.717) is 24.5 Å². The second-order valence-electron chi connectivity index (χ2n) is 8.37. The Bertz CT molecular complexity index is 879. The fourth-order valence-electron chi connectivity index (χ4n) is 4.52. The topological polar surface area (TPSA) is 69.5 Å². The van der Waals surface area contributed by atoms with Crippen LogP contribution < -0.4 is 9.47 Å². The number of aromatic nitrogens is 3. The summed E-state index contributed by atoms with van der Waals surface area (Å²) in [4.78, 5) is 14.8. The van der Waals surface area contributed by atoms with Gasteiger partial charge in [0.15, 0.2) is 11.5 Å². The molecule has 1 fully saturated rings. The number of ether oxygens (including phenoxy) is 2. The van der Waals surface area contributed by atoms with Gasteiger partial charge in [0.25, 0.3) is 0 Å². The smallest absolute Gasteiger partial charge is 0.226 e. The van der Waals surface area contributed by atoms with Crippen LogP contribution in [0, 0.1) is 6.92 Å². The van der Waals surface area contributed by atoms with Gasteiger partial charge in [-0.05, 0) is 50.3 Å². The third-order valence-electron chi connectivity index (χ3n) is 6.17. The zero-order chi connectivity index (χ0) is 20.9. The monoisotopic (exact) mass is 412 g/mol. The second-order valence-corrected chi connectivity index (χ2v) is 8.37. The molecule has 7 nitrogen and oxygen atoms in total. The van der Waals surface area contributed by atoms with E-state index >= 15 is 0 Å². The quantitative estimate of drug-likeness (QED) is 0.726. The summed E-state index contributed by atoms with van der Waals surface area (Å²) in [5, 5.41) is 8.97. The number of likely N-dealkylation sites (tertiary alicyclic amines) is 1. The maximum Gasteiger partial charge on any atom is 0.226 e. The first-order valence-corrected chi connectivity index (χ1v) is 11.1. The number of methoxy groups -OCH3 is 1. The normalized spacial score (nSPS) is 19.1. The predicted octanol–water partition coefficient (Wildman–Crippen LogP) is 3.50. The zero-order valence-electron chi connectivity index (χ0n) is 18.1. The summed E-state index contributed by atoms with van der Waals surface area (Å²) >= 11 is 0. The lowest BCUT2D eigenvalue weighted by Gasteiger charge is -2.32. The third kappa shape index (κ3) is 4.60. The highest BCUT2D eigenvalue weighted by Gasteiger charge is 2.29. The van der Waals surface area contributed by atoms with Crippen molar-refractivity contribution in [3.63, 3.8) is 0 Å². The van der Waals surface area contributed by atoms with E-state index in [9.17, 15) is 4.79 Å². The van der Waals surface area contributed by atoms with E-state index in [0.717, 1.165) is 56.1 Å². The van der Waals surface area contributed by atoms with Gasteiger partial charge >= 0.3 is 0 Å². The maximum absolute atomic E-state index is 12.8. The number of fused-ring (bicyclic) bond motifs is 1. The molecular formula is C23H32N4O3. The van der Waals surface area contributed by atoms with E-state index in [1.165, 1.54) is 19.3 Å². The molecule has 4 rings (SSSR count). The van der Waals surface area contributed by atoms with Crippen LogP contribution in [-0.4, -0.2) is 52.4 Å². The van der Waals surface area contributed by atoms with Crippen LogP contribution in [0.15, 0.2) is 18.2 Å². The number of hydrogen-bond donors (Lipinski definition) is 0. The van der Waals surface area contributed by atoms with Crippen molar-refractivity contribution in [2.45, 2.75) is 64.3 Å². The predicted molar refractivity (Wildman–Crippen MR) is 114 cm³/mol. The number of nitrogens with zero attached hydrogens (tertiary/aromatic N) is 4. The lowest BCUT2D eigenvalue weighted by molar-refractivity contribution is -0.133. The average Bonchev–Trinajstić information content (AvgIpc) is 3.03. The number of piperidine rings is 1. The molecule has 1 aromatic heterocycles. The number of carbonyl (C=O) groups excluding carboxylic acids is 1. The average molecular weight is 413 g/mol. The summed E-state index contributed by atoms with van der Waals surface area (Å²) in [6.07, 6.45) is 7.09. The minimum absolute atomic E-state index is 0.140. The van der Waals surface area contributed by atoms with Crippen molar-refractivity contribution >= 4 is 5.91 Å². The molecule has 0 bridgehead atoms. The second kappa shape index (κ2) is 9.49. The number of carbonyl (C=O) groups is 1. The third-order valence-corrected chi connectivity index (χ3v) is 6.17. The molecule has 0 N–H and O–H groups in total. The minimum Gasteiger partial charge on any atom is -0.493 e. The van der Waals surface area contributed by atoms with E-state index in [1.54, 1.807) is 7.11 Å². The van der Waals surface area contributed by atoms with Gasteiger partial charge in [0.05, 0.1) is 20.1 Å². The van der Waals surface area contributed by atoms with Gasteiger partial charge in [-0.3, -0.25) is 4.79 Å². The minimum atomic E-state index is 0.140. The number of hydrogen-bond acceptors (Lipinski definition) is 5. The fourth-order valence-corrected chi connectivity index (χ4v) is 4.52. The molecule has 2 aromatic rings. The maximum atomic E-state index is 12.8. The molecule has 1 amide bonds. The van der Waals surface area contributed by atoms with E-state index in [2.05, 4.69) is 14.8 Å². The number of benzene rings is 1. The molecule has 162 valence electrons. The van der Waals surface area contributed by atoms with Crippen molar-refractivity contribution in [2.24, 2.45) is 0 Å².